The molecule has 4 heteroatoms. The van der Waals surface area contributed by atoms with Gasteiger partial charge in [0.25, 0.3) is 0 Å². The Bertz CT molecular complexity index is 166. The van der Waals surface area contributed by atoms with Crippen LogP contribution in [0.3, 0.4) is 0 Å². The fourth-order valence-corrected chi connectivity index (χ4v) is 0.591. The molecule has 0 heterocycles. The van der Waals surface area contributed by atoms with Gasteiger partial charge in [-0.1, -0.05) is 6.92 Å². The zero-order valence-electron chi connectivity index (χ0n) is 6.44. The summed E-state index contributed by atoms with van der Waals surface area (Å²) in [6, 6.07) is 0. The highest BCUT2D eigenvalue weighted by molar-refractivity contribution is 6.38. The third-order valence-electron chi connectivity index (χ3n) is 1.23. The number of ketones is 1. The Hall–Kier alpha value is -1.19. The van der Waals surface area contributed by atoms with Crippen LogP contribution in [0.5, 0.6) is 0 Å². The van der Waals surface area contributed by atoms with Crippen LogP contribution in [0.2, 0.25) is 0 Å². The van der Waals surface area contributed by atoms with Crippen LogP contribution in [-0.4, -0.2) is 24.4 Å². The van der Waals surface area contributed by atoms with Crippen molar-refractivity contribution in [1.29, 1.82) is 5.41 Å². The highest BCUT2D eigenvalue weighted by Crippen LogP contribution is 1.88. The average molecular weight is 155 g/mol. The monoisotopic (exact) mass is 155 g/mol. The number of hydrogen-bond donors (Lipinski definition) is 2. The van der Waals surface area contributed by atoms with Gasteiger partial charge in [0.05, 0.1) is 5.71 Å². The van der Waals surface area contributed by atoms with E-state index in [4.69, 9.17) is 5.41 Å². The molecule has 1 amide bonds. The Morgan fingerprint density at radius 3 is 2.73 bits per heavy atom. The molecule has 1 radical (unpaired) electrons. The van der Waals surface area contributed by atoms with Crippen molar-refractivity contribution in [2.75, 3.05) is 6.54 Å². The molecule has 0 aliphatic carbocycles. The molecule has 61 valence electrons. The van der Waals surface area contributed by atoms with Crippen molar-refractivity contribution in [3.63, 3.8) is 0 Å². The van der Waals surface area contributed by atoms with Crippen molar-refractivity contribution < 1.29 is 9.59 Å². The van der Waals surface area contributed by atoms with Crippen LogP contribution in [0, 0.1) is 5.41 Å². The summed E-state index contributed by atoms with van der Waals surface area (Å²) in [5.74, 6) is -0.169. The van der Waals surface area contributed by atoms with Gasteiger partial charge in [0.2, 0.25) is 0 Å². The van der Waals surface area contributed by atoms with Gasteiger partial charge < -0.3 is 10.7 Å². The molecule has 0 spiro atoms. The van der Waals surface area contributed by atoms with Crippen LogP contribution in [0.15, 0.2) is 0 Å². The Balaban J connectivity index is 3.52. The summed E-state index contributed by atoms with van der Waals surface area (Å²) < 4.78 is 0. The molecule has 0 aliphatic heterocycles. The van der Waals surface area contributed by atoms with Crippen LogP contribution in [0.4, 0.5) is 0 Å². The van der Waals surface area contributed by atoms with E-state index in [1.807, 2.05) is 0 Å². The molecule has 0 aromatic carbocycles. The highest BCUT2D eigenvalue weighted by atomic mass is 16.1. The molecule has 0 aromatic rings. The summed E-state index contributed by atoms with van der Waals surface area (Å²) >= 11 is 0. The summed E-state index contributed by atoms with van der Waals surface area (Å²) in [5.41, 5.74) is 0.0650. The lowest BCUT2D eigenvalue weighted by Crippen LogP contribution is -2.20. The van der Waals surface area contributed by atoms with Gasteiger partial charge in [0.1, 0.15) is 0 Å². The molecule has 4 nitrogen and oxygen atoms in total. The number of carbonyl (C=O) groups excluding carboxylic acids is 2. The lowest BCUT2D eigenvalue weighted by molar-refractivity contribution is -0.112. The molecular formula is C7H11N2O2. The largest absolute Gasteiger partial charge is 0.347 e. The minimum Gasteiger partial charge on any atom is -0.347 e. The van der Waals surface area contributed by atoms with Crippen LogP contribution in [0.1, 0.15) is 19.8 Å². The smallest absolute Gasteiger partial charge is 0.309 e. The van der Waals surface area contributed by atoms with Gasteiger partial charge >= 0.3 is 6.41 Å². The fraction of sp³-hybridized carbons (Fsp3) is 0.571. The number of rotatable bonds is 6. The second-order valence-electron chi connectivity index (χ2n) is 2.03. The highest BCUT2D eigenvalue weighted by Gasteiger charge is 2.04. The topological polar surface area (TPSA) is 70.0 Å². The first-order valence-electron chi connectivity index (χ1n) is 3.43. The molecule has 0 fully saturated rings. The van der Waals surface area contributed by atoms with E-state index in [1.54, 1.807) is 6.92 Å². The molecular weight excluding hydrogens is 144 g/mol. The Labute approximate surface area is 65.5 Å². The Morgan fingerprint density at radius 1 is 1.64 bits per heavy atom. The summed E-state index contributed by atoms with van der Waals surface area (Å²) in [7, 11) is 0. The molecule has 2 N–H and O–H groups in total. The maximum atomic E-state index is 10.8. The lowest BCUT2D eigenvalue weighted by Gasteiger charge is -1.98. The van der Waals surface area contributed by atoms with Gasteiger partial charge in [-0.25, -0.2) is 0 Å². The molecule has 0 bridgehead atoms. The van der Waals surface area contributed by atoms with Crippen LogP contribution < -0.4 is 5.32 Å². The van der Waals surface area contributed by atoms with Crippen molar-refractivity contribution in [3.8, 4) is 0 Å². The van der Waals surface area contributed by atoms with Gasteiger partial charge in [0, 0.05) is 19.4 Å². The van der Waals surface area contributed by atoms with Crippen molar-refractivity contribution in [1.82, 2.24) is 5.32 Å². The Morgan fingerprint density at radius 2 is 2.27 bits per heavy atom. The van der Waals surface area contributed by atoms with Gasteiger partial charge in [-0.3, -0.25) is 9.59 Å². The second kappa shape index (κ2) is 5.58. The van der Waals surface area contributed by atoms with E-state index in [0.29, 0.717) is 19.4 Å². The zero-order valence-corrected chi connectivity index (χ0v) is 6.44. The third kappa shape index (κ3) is 4.25. The van der Waals surface area contributed by atoms with Crippen LogP contribution in [-0.2, 0) is 9.59 Å². The van der Waals surface area contributed by atoms with E-state index in [-0.39, 0.29) is 11.5 Å². The van der Waals surface area contributed by atoms with E-state index < -0.39 is 0 Å². The number of Topliss-reactive ketones (excluding diaryl/α,β-unsaturated/α-hetero) is 1. The molecule has 0 aliphatic rings. The van der Waals surface area contributed by atoms with Crippen molar-refractivity contribution in [2.24, 2.45) is 0 Å². The lowest BCUT2D eigenvalue weighted by atomic mass is 10.1. The average Bonchev–Trinajstić information content (AvgIpc) is 2.03. The standard InChI is InChI=1S/C7H11N2O2/c1-2-7(11)6(8)3-4-9-5-10/h8H,2-4H2,1H3,(H,9,10). The maximum Gasteiger partial charge on any atom is 0.309 e. The first kappa shape index (κ1) is 9.81. The molecule has 11 heavy (non-hydrogen) atoms. The number of hydrogen-bond acceptors (Lipinski definition) is 3. The van der Waals surface area contributed by atoms with E-state index >= 15 is 0 Å². The SMILES string of the molecule is CCC(=O)C(=N)CCN[C]=O. The van der Waals surface area contributed by atoms with Gasteiger partial charge in [0.15, 0.2) is 5.78 Å². The first-order chi connectivity index (χ1) is 5.22. The van der Waals surface area contributed by atoms with Gasteiger partial charge in [-0.05, 0) is 0 Å². The number of carbonyl (C=O) groups is 1. The van der Waals surface area contributed by atoms with Crippen molar-refractivity contribution in [2.45, 2.75) is 19.8 Å². The molecule has 0 unspecified atom stereocenters. The quantitative estimate of drug-likeness (QED) is 0.323. The fourth-order valence-electron chi connectivity index (χ4n) is 0.591. The summed E-state index contributed by atoms with van der Waals surface area (Å²) in [5, 5.41) is 9.41. The van der Waals surface area contributed by atoms with Crippen LogP contribution >= 0.6 is 0 Å². The van der Waals surface area contributed by atoms with Crippen LogP contribution in [0.25, 0.3) is 0 Å². The molecule has 0 saturated carbocycles. The van der Waals surface area contributed by atoms with Crippen molar-refractivity contribution >= 4 is 17.9 Å². The minimum atomic E-state index is -0.169. The summed E-state index contributed by atoms with van der Waals surface area (Å²) in [6.07, 6.45) is 2.12. The van der Waals surface area contributed by atoms with E-state index in [0.717, 1.165) is 0 Å². The number of amides is 1. The van der Waals surface area contributed by atoms with Crippen molar-refractivity contribution in [3.05, 3.63) is 0 Å². The van der Waals surface area contributed by atoms with E-state index in [1.165, 1.54) is 6.41 Å². The molecule has 0 saturated heterocycles. The third-order valence-corrected chi connectivity index (χ3v) is 1.23. The predicted molar refractivity (Wildman–Crippen MR) is 41.3 cm³/mol. The second-order valence-corrected chi connectivity index (χ2v) is 2.03. The van der Waals surface area contributed by atoms with Gasteiger partial charge in [-0.2, -0.15) is 0 Å². The zero-order chi connectivity index (χ0) is 8.69. The molecule has 0 aromatic heterocycles. The molecule has 0 atom stereocenters. The molecule has 0 rings (SSSR count). The van der Waals surface area contributed by atoms with E-state index in [9.17, 15) is 9.59 Å². The maximum absolute atomic E-state index is 10.8. The van der Waals surface area contributed by atoms with E-state index in [2.05, 4.69) is 5.32 Å². The predicted octanol–water partition coefficient (Wildman–Crippen LogP) is 0.0322. The first-order valence-corrected chi connectivity index (χ1v) is 3.43. The normalized spacial score (nSPS) is 8.82. The van der Waals surface area contributed by atoms with Gasteiger partial charge in [-0.15, -0.1) is 0 Å². The number of nitrogens with one attached hydrogen (secondary N) is 2. The summed E-state index contributed by atoms with van der Waals surface area (Å²) in [6.45, 7) is 2.02. The summed E-state index contributed by atoms with van der Waals surface area (Å²) in [4.78, 5) is 20.4. The minimum absolute atomic E-state index is 0.0650. The Kier molecular flexibility index (Phi) is 4.98.